The highest BCUT2D eigenvalue weighted by Crippen LogP contribution is 2.46. The van der Waals surface area contributed by atoms with Crippen molar-refractivity contribution in [2.45, 2.75) is 6.17 Å². The average Bonchev–Trinajstić information content (AvgIpc) is 4.03. The third-order valence-corrected chi connectivity index (χ3v) is 13.2. The Kier molecular flexibility index (Phi) is 7.65. The Balaban J connectivity index is 1.06. The first-order valence-electron chi connectivity index (χ1n) is 22.0. The minimum Gasteiger partial charge on any atom is -0.456 e. The predicted octanol–water partition coefficient (Wildman–Crippen LogP) is 15.1. The molecule has 14 rings (SSSR count). The van der Waals surface area contributed by atoms with E-state index in [1.54, 1.807) is 0 Å². The molecule has 6 heteroatoms. The molecule has 0 radical (unpaired) electrons. The van der Waals surface area contributed by atoms with Gasteiger partial charge in [0.05, 0.1) is 11.0 Å². The average molecular weight is 833 g/mol. The molecule has 0 saturated carbocycles. The van der Waals surface area contributed by atoms with Crippen molar-refractivity contribution in [3.05, 3.63) is 223 Å². The van der Waals surface area contributed by atoms with Gasteiger partial charge in [0.25, 0.3) is 0 Å². The molecule has 6 nitrogen and oxygen atoms in total. The van der Waals surface area contributed by atoms with Gasteiger partial charge in [-0.15, -0.1) is 0 Å². The van der Waals surface area contributed by atoms with Crippen LogP contribution >= 0.6 is 0 Å². The summed E-state index contributed by atoms with van der Waals surface area (Å²) in [5.74, 6) is 1.36. The van der Waals surface area contributed by atoms with Crippen LogP contribution in [-0.4, -0.2) is 16.2 Å². The molecule has 0 saturated heterocycles. The van der Waals surface area contributed by atoms with Crippen LogP contribution in [0.2, 0.25) is 0 Å². The van der Waals surface area contributed by atoms with Crippen molar-refractivity contribution in [2.24, 2.45) is 9.98 Å². The zero-order chi connectivity index (χ0) is 42.6. The van der Waals surface area contributed by atoms with Gasteiger partial charge in [0.15, 0.2) is 5.84 Å². The number of fused-ring (bicyclic) bond motifs is 11. The fourth-order valence-corrected chi connectivity index (χ4v) is 10.2. The lowest BCUT2D eigenvalue weighted by atomic mass is 9.89. The van der Waals surface area contributed by atoms with Crippen LogP contribution in [-0.2, 0) is 0 Å². The molecule has 0 fully saturated rings. The third kappa shape index (κ3) is 5.54. The van der Waals surface area contributed by atoms with Gasteiger partial charge in [-0.3, -0.25) is 0 Å². The fraction of sp³-hybridized carbons (Fsp3) is 0.0169. The second-order valence-corrected chi connectivity index (χ2v) is 16.9. The SMILES string of the molecule is c1ccc(C2=NC(c3ccc4c(c3)oc3ccccc34)=NC(c3ccc(-n4c5ccccc5c5cc6ccccc6cc54)cc3-c3c4ccccc4cc4oc5ccccc5c34)N2)cc1. The molecule has 0 spiro atoms. The standard InChI is InChI=1S/C59H36N4O2/c1-2-14-35(15-3-1)57-60-58(39-26-28-44-43-21-9-12-24-51(43)64-53(44)33-39)62-59(61-57)45-29-27-40(63-49-23-11-8-20-42(49)47-30-36-16-4-5-17-37(36)31-50(47)63)34-48(45)55-41-19-7-6-18-38(41)32-54-56(55)46-22-10-13-25-52(46)65-54/h1-34,59H,(H,60,61,62). The molecular weight excluding hydrogens is 797 g/mol. The Hall–Kier alpha value is -8.74. The van der Waals surface area contributed by atoms with Crippen molar-refractivity contribution in [1.29, 1.82) is 0 Å². The second kappa shape index (κ2) is 13.9. The van der Waals surface area contributed by atoms with Crippen LogP contribution in [0, 0.1) is 0 Å². The highest BCUT2D eigenvalue weighted by Gasteiger charge is 2.28. The second-order valence-electron chi connectivity index (χ2n) is 16.9. The van der Waals surface area contributed by atoms with Gasteiger partial charge >= 0.3 is 0 Å². The number of para-hydroxylation sites is 3. The van der Waals surface area contributed by atoms with Gasteiger partial charge in [0.2, 0.25) is 0 Å². The number of hydrogen-bond donors (Lipinski definition) is 1. The number of amidine groups is 2. The van der Waals surface area contributed by atoms with Crippen molar-refractivity contribution in [2.75, 3.05) is 0 Å². The summed E-state index contributed by atoms with van der Waals surface area (Å²) in [6.45, 7) is 0. The number of aliphatic imine (C=N–C) groups is 2. The lowest BCUT2D eigenvalue weighted by Gasteiger charge is -2.26. The minimum atomic E-state index is -0.526. The lowest BCUT2D eigenvalue weighted by Crippen LogP contribution is -2.33. The van der Waals surface area contributed by atoms with Crippen molar-refractivity contribution >= 4 is 98.9 Å². The number of nitrogens with zero attached hydrogens (tertiary/aromatic N) is 3. The summed E-state index contributed by atoms with van der Waals surface area (Å²) in [6.07, 6.45) is -0.526. The Morgan fingerprint density at radius 1 is 0.431 bits per heavy atom. The first kappa shape index (κ1) is 35.8. The number of aromatic nitrogens is 1. The van der Waals surface area contributed by atoms with Crippen LogP contribution in [0.4, 0.5) is 0 Å². The summed E-state index contributed by atoms with van der Waals surface area (Å²) >= 11 is 0. The van der Waals surface area contributed by atoms with Crippen molar-refractivity contribution in [3.63, 3.8) is 0 Å². The summed E-state index contributed by atoms with van der Waals surface area (Å²) in [4.78, 5) is 10.8. The van der Waals surface area contributed by atoms with Gasteiger partial charge in [0.1, 0.15) is 34.3 Å². The Bertz CT molecular complexity index is 4170. The van der Waals surface area contributed by atoms with Gasteiger partial charge in [-0.05, 0) is 87.8 Å². The molecule has 0 amide bonds. The molecule has 65 heavy (non-hydrogen) atoms. The summed E-state index contributed by atoms with van der Waals surface area (Å²) in [6, 6.07) is 72.9. The highest BCUT2D eigenvalue weighted by atomic mass is 16.3. The quantitative estimate of drug-likeness (QED) is 0.188. The number of hydrogen-bond acceptors (Lipinski definition) is 5. The molecule has 0 bridgehead atoms. The molecule has 13 aromatic rings. The minimum absolute atomic E-state index is 0.526. The first-order chi connectivity index (χ1) is 32.2. The highest BCUT2D eigenvalue weighted by molar-refractivity contribution is 6.22. The summed E-state index contributed by atoms with van der Waals surface area (Å²) in [7, 11) is 0. The summed E-state index contributed by atoms with van der Waals surface area (Å²) < 4.78 is 15.5. The summed E-state index contributed by atoms with van der Waals surface area (Å²) in [5, 5.41) is 15.2. The van der Waals surface area contributed by atoms with Crippen molar-refractivity contribution in [3.8, 4) is 16.8 Å². The third-order valence-electron chi connectivity index (χ3n) is 13.2. The number of furan rings is 2. The fourth-order valence-electron chi connectivity index (χ4n) is 10.2. The zero-order valence-electron chi connectivity index (χ0n) is 34.9. The van der Waals surface area contributed by atoms with Gasteiger partial charge < -0.3 is 18.7 Å². The Morgan fingerprint density at radius 2 is 1.09 bits per heavy atom. The van der Waals surface area contributed by atoms with Crippen molar-refractivity contribution in [1.82, 2.24) is 9.88 Å². The van der Waals surface area contributed by atoms with E-state index in [1.807, 2.05) is 42.5 Å². The summed E-state index contributed by atoms with van der Waals surface area (Å²) in [5.41, 5.74) is 11.7. The van der Waals surface area contributed by atoms with Gasteiger partial charge in [0, 0.05) is 60.3 Å². The number of rotatable bonds is 5. The van der Waals surface area contributed by atoms with Crippen molar-refractivity contribution < 1.29 is 8.83 Å². The monoisotopic (exact) mass is 832 g/mol. The maximum absolute atomic E-state index is 6.70. The van der Waals surface area contributed by atoms with Gasteiger partial charge in [-0.25, -0.2) is 9.98 Å². The lowest BCUT2D eigenvalue weighted by molar-refractivity contribution is 0.667. The molecular formula is C59H36N4O2. The van der Waals surface area contributed by atoms with Crippen LogP contribution in [0.1, 0.15) is 22.9 Å². The number of benzene rings is 10. The van der Waals surface area contributed by atoms with Crippen LogP contribution in [0.5, 0.6) is 0 Å². The smallest absolute Gasteiger partial charge is 0.159 e. The van der Waals surface area contributed by atoms with Gasteiger partial charge in [-0.2, -0.15) is 0 Å². The van der Waals surface area contributed by atoms with E-state index in [-0.39, 0.29) is 0 Å². The van der Waals surface area contributed by atoms with Gasteiger partial charge in [-0.1, -0.05) is 146 Å². The molecule has 1 aliphatic rings. The molecule has 3 aromatic heterocycles. The molecule has 1 N–H and O–H groups in total. The maximum atomic E-state index is 6.70. The van der Waals surface area contributed by atoms with E-state index in [0.29, 0.717) is 5.84 Å². The zero-order valence-corrected chi connectivity index (χ0v) is 34.9. The van der Waals surface area contributed by atoms with Crippen LogP contribution in [0.25, 0.3) is 104 Å². The van der Waals surface area contributed by atoms with E-state index < -0.39 is 6.17 Å². The molecule has 10 aromatic carbocycles. The topological polar surface area (TPSA) is 68.0 Å². The predicted molar refractivity (Wildman–Crippen MR) is 268 cm³/mol. The molecule has 304 valence electrons. The normalized spacial score (nSPS) is 14.3. The number of nitrogens with one attached hydrogen (secondary N) is 1. The van der Waals surface area contributed by atoms with Crippen LogP contribution in [0.3, 0.4) is 0 Å². The Morgan fingerprint density at radius 3 is 1.94 bits per heavy atom. The molecule has 4 heterocycles. The molecule has 0 aliphatic carbocycles. The Labute approximate surface area is 372 Å². The van der Waals surface area contributed by atoms with E-state index >= 15 is 0 Å². The largest absolute Gasteiger partial charge is 0.456 e. The molecule has 1 unspecified atom stereocenters. The van der Waals surface area contributed by atoms with Crippen LogP contribution < -0.4 is 5.32 Å². The molecule has 1 atom stereocenters. The first-order valence-corrected chi connectivity index (χ1v) is 22.0. The molecule has 1 aliphatic heterocycles. The van der Waals surface area contributed by atoms with E-state index in [4.69, 9.17) is 18.8 Å². The van der Waals surface area contributed by atoms with E-state index in [1.165, 1.54) is 21.5 Å². The van der Waals surface area contributed by atoms with E-state index in [0.717, 1.165) is 105 Å². The van der Waals surface area contributed by atoms with Crippen LogP contribution in [0.15, 0.2) is 225 Å². The van der Waals surface area contributed by atoms with E-state index in [9.17, 15) is 0 Å². The maximum Gasteiger partial charge on any atom is 0.159 e. The van der Waals surface area contributed by atoms with E-state index in [2.05, 4.69) is 174 Å².